The van der Waals surface area contributed by atoms with E-state index in [0.717, 1.165) is 30.7 Å². The molecule has 2 aromatic rings. The number of benzene rings is 1. The third-order valence-corrected chi connectivity index (χ3v) is 4.74. The van der Waals surface area contributed by atoms with Crippen molar-refractivity contribution in [2.24, 2.45) is 7.05 Å². The predicted molar refractivity (Wildman–Crippen MR) is 94.7 cm³/mol. The first-order valence-electron chi connectivity index (χ1n) is 8.50. The number of carbonyl (C=O) groups is 2. The van der Waals surface area contributed by atoms with Gasteiger partial charge in [0.2, 0.25) is 0 Å². The summed E-state index contributed by atoms with van der Waals surface area (Å²) in [4.78, 5) is 24.7. The Morgan fingerprint density at radius 2 is 1.96 bits per heavy atom. The zero-order valence-electron chi connectivity index (χ0n) is 15.0. The number of amides is 1. The van der Waals surface area contributed by atoms with Crippen molar-refractivity contribution in [3.05, 3.63) is 46.3 Å². The van der Waals surface area contributed by atoms with Crippen molar-refractivity contribution in [2.45, 2.75) is 46.1 Å². The summed E-state index contributed by atoms with van der Waals surface area (Å²) in [6, 6.07) is 5.63. The van der Waals surface area contributed by atoms with Gasteiger partial charge in [0.25, 0.3) is 5.91 Å². The molecular formula is C19H23N3O3. The predicted octanol–water partition coefficient (Wildman–Crippen LogP) is 2.71. The molecule has 1 amide bonds. The molecular weight excluding hydrogens is 318 g/mol. The second-order valence-electron chi connectivity index (χ2n) is 6.54. The fourth-order valence-corrected chi connectivity index (χ4v) is 3.16. The molecule has 6 nitrogen and oxygen atoms in total. The van der Waals surface area contributed by atoms with E-state index in [1.54, 1.807) is 17.7 Å². The smallest absolute Gasteiger partial charge is 0.338 e. The van der Waals surface area contributed by atoms with Crippen molar-refractivity contribution in [3.63, 3.8) is 0 Å². The Labute approximate surface area is 147 Å². The molecule has 0 aliphatic heterocycles. The van der Waals surface area contributed by atoms with E-state index in [9.17, 15) is 9.59 Å². The molecule has 1 aromatic carbocycles. The summed E-state index contributed by atoms with van der Waals surface area (Å²) in [5, 5.41) is 7.06. The molecule has 6 heteroatoms. The van der Waals surface area contributed by atoms with Gasteiger partial charge in [-0.3, -0.25) is 9.48 Å². The summed E-state index contributed by atoms with van der Waals surface area (Å²) in [6.07, 6.45) is 2.29. The van der Waals surface area contributed by atoms with Crippen molar-refractivity contribution in [3.8, 4) is 0 Å². The zero-order chi connectivity index (χ0) is 18.1. The Bertz CT molecular complexity index is 839. The van der Waals surface area contributed by atoms with E-state index < -0.39 is 12.1 Å². The Morgan fingerprint density at radius 1 is 1.24 bits per heavy atom. The van der Waals surface area contributed by atoms with Gasteiger partial charge >= 0.3 is 5.97 Å². The van der Waals surface area contributed by atoms with Gasteiger partial charge in [0.05, 0.1) is 22.6 Å². The molecule has 1 aromatic heterocycles. The number of nitrogens with zero attached hydrogens (tertiary/aromatic N) is 2. The monoisotopic (exact) mass is 341 g/mol. The highest BCUT2D eigenvalue weighted by molar-refractivity contribution is 5.98. The summed E-state index contributed by atoms with van der Waals surface area (Å²) in [5.74, 6) is -0.842. The summed E-state index contributed by atoms with van der Waals surface area (Å²) in [6.45, 7) is 5.27. The number of aromatic nitrogens is 2. The van der Waals surface area contributed by atoms with Crippen LogP contribution in [0.5, 0.6) is 0 Å². The lowest BCUT2D eigenvalue weighted by Crippen LogP contribution is -2.30. The van der Waals surface area contributed by atoms with Crippen LogP contribution in [0, 0.1) is 13.8 Å². The van der Waals surface area contributed by atoms with Crippen LogP contribution < -0.4 is 5.32 Å². The molecule has 0 saturated heterocycles. The number of ether oxygens (including phenoxy) is 1. The second-order valence-corrected chi connectivity index (χ2v) is 6.54. The minimum Gasteiger partial charge on any atom is -0.449 e. The molecule has 132 valence electrons. The molecule has 0 spiro atoms. The van der Waals surface area contributed by atoms with E-state index in [-0.39, 0.29) is 5.91 Å². The molecule has 0 saturated carbocycles. The first-order chi connectivity index (χ1) is 11.9. The lowest BCUT2D eigenvalue weighted by atomic mass is 10.1. The number of fused-ring (bicyclic) bond motifs is 1. The fourth-order valence-electron chi connectivity index (χ4n) is 3.16. The maximum absolute atomic E-state index is 12.4. The quantitative estimate of drug-likeness (QED) is 0.868. The van der Waals surface area contributed by atoms with Gasteiger partial charge in [-0.25, -0.2) is 4.79 Å². The molecule has 1 heterocycles. The van der Waals surface area contributed by atoms with Crippen molar-refractivity contribution in [1.29, 1.82) is 0 Å². The van der Waals surface area contributed by atoms with E-state index in [0.29, 0.717) is 11.3 Å². The maximum Gasteiger partial charge on any atom is 0.338 e. The number of esters is 1. The number of carbonyl (C=O) groups excluding carboxylic acids is 2. The minimum absolute atomic E-state index is 0.367. The Kier molecular flexibility index (Phi) is 4.61. The third-order valence-electron chi connectivity index (χ3n) is 4.74. The number of anilines is 1. The van der Waals surface area contributed by atoms with Gasteiger partial charge in [-0.1, -0.05) is 6.07 Å². The van der Waals surface area contributed by atoms with E-state index in [1.165, 1.54) is 11.1 Å². The maximum atomic E-state index is 12.4. The second kappa shape index (κ2) is 6.70. The molecule has 1 aliphatic rings. The molecule has 0 radical (unpaired) electrons. The third kappa shape index (κ3) is 3.43. The molecule has 1 atom stereocenters. The average molecular weight is 341 g/mol. The molecule has 0 unspecified atom stereocenters. The van der Waals surface area contributed by atoms with Crippen LogP contribution in [0.1, 0.15) is 46.2 Å². The molecule has 0 bridgehead atoms. The van der Waals surface area contributed by atoms with Gasteiger partial charge in [0, 0.05) is 7.05 Å². The lowest BCUT2D eigenvalue weighted by Gasteiger charge is -2.14. The van der Waals surface area contributed by atoms with Crippen molar-refractivity contribution < 1.29 is 14.3 Å². The van der Waals surface area contributed by atoms with Gasteiger partial charge in [-0.2, -0.15) is 5.10 Å². The lowest BCUT2D eigenvalue weighted by molar-refractivity contribution is -0.123. The van der Waals surface area contributed by atoms with Crippen molar-refractivity contribution in [2.75, 3.05) is 5.32 Å². The first kappa shape index (κ1) is 17.2. The van der Waals surface area contributed by atoms with Crippen molar-refractivity contribution >= 4 is 17.6 Å². The van der Waals surface area contributed by atoms with Gasteiger partial charge in [0.15, 0.2) is 6.10 Å². The van der Waals surface area contributed by atoms with Gasteiger partial charge in [0.1, 0.15) is 0 Å². The first-order valence-corrected chi connectivity index (χ1v) is 8.50. The average Bonchev–Trinajstić information content (AvgIpc) is 3.14. The zero-order valence-corrected chi connectivity index (χ0v) is 15.0. The Morgan fingerprint density at radius 3 is 2.64 bits per heavy atom. The van der Waals surface area contributed by atoms with Gasteiger partial charge < -0.3 is 10.1 Å². The number of hydrogen-bond acceptors (Lipinski definition) is 4. The normalized spacial score (nSPS) is 14.1. The summed E-state index contributed by atoms with van der Waals surface area (Å²) < 4.78 is 7.04. The topological polar surface area (TPSA) is 73.2 Å². The van der Waals surface area contributed by atoms with Gasteiger partial charge in [-0.05, 0) is 63.3 Å². The number of aryl methyl sites for hydroxylation is 4. The van der Waals surface area contributed by atoms with Crippen LogP contribution in [0.2, 0.25) is 0 Å². The fraction of sp³-hybridized carbons (Fsp3) is 0.421. The van der Waals surface area contributed by atoms with Crippen LogP contribution in [0.15, 0.2) is 18.2 Å². The van der Waals surface area contributed by atoms with Gasteiger partial charge in [-0.15, -0.1) is 0 Å². The number of nitrogens with one attached hydrogen (secondary N) is 1. The minimum atomic E-state index is -0.889. The van der Waals surface area contributed by atoms with E-state index >= 15 is 0 Å². The highest BCUT2D eigenvalue weighted by Gasteiger charge is 2.22. The number of rotatable bonds is 4. The molecule has 1 aliphatic carbocycles. The highest BCUT2D eigenvalue weighted by Crippen LogP contribution is 2.23. The highest BCUT2D eigenvalue weighted by atomic mass is 16.5. The molecule has 0 fully saturated rings. The van der Waals surface area contributed by atoms with Crippen LogP contribution in [-0.2, 0) is 29.4 Å². The largest absolute Gasteiger partial charge is 0.449 e. The summed E-state index contributed by atoms with van der Waals surface area (Å²) in [7, 11) is 1.81. The molecule has 25 heavy (non-hydrogen) atoms. The number of hydrogen-bond donors (Lipinski definition) is 1. The Balaban J connectivity index is 1.66. The van der Waals surface area contributed by atoms with E-state index in [4.69, 9.17) is 4.74 Å². The van der Waals surface area contributed by atoms with Crippen molar-refractivity contribution in [1.82, 2.24) is 9.78 Å². The van der Waals surface area contributed by atoms with E-state index in [1.807, 2.05) is 33.0 Å². The summed E-state index contributed by atoms with van der Waals surface area (Å²) in [5.41, 5.74) is 5.23. The molecule has 1 N–H and O–H groups in total. The summed E-state index contributed by atoms with van der Waals surface area (Å²) >= 11 is 0. The molecule has 3 rings (SSSR count). The van der Waals surface area contributed by atoms with E-state index in [2.05, 4.69) is 10.4 Å². The standard InChI is InChI=1S/C19H23N3O3/c1-11-17(12(2)22(4)21-11)20-18(23)13(3)25-19(24)16-9-8-14-6-5-7-15(14)10-16/h8-10,13H,5-7H2,1-4H3,(H,20,23)/t13-/m1/s1. The van der Waals surface area contributed by atoms with Crippen LogP contribution >= 0.6 is 0 Å². The van der Waals surface area contributed by atoms with Crippen LogP contribution in [0.4, 0.5) is 5.69 Å². The van der Waals surface area contributed by atoms with Crippen LogP contribution in [0.3, 0.4) is 0 Å². The van der Waals surface area contributed by atoms with Crippen LogP contribution in [-0.4, -0.2) is 27.8 Å². The Hall–Kier alpha value is -2.63. The van der Waals surface area contributed by atoms with Crippen LogP contribution in [0.25, 0.3) is 0 Å². The SMILES string of the molecule is Cc1nn(C)c(C)c1NC(=O)[C@@H](C)OC(=O)c1ccc2c(c1)CCC2.